The molecule has 0 aromatic rings. The van der Waals surface area contributed by atoms with Gasteiger partial charge in [-0.2, -0.15) is 0 Å². The number of aliphatic hydroxyl groups excluding tert-OH is 13. The van der Waals surface area contributed by atoms with Crippen molar-refractivity contribution in [1.82, 2.24) is 0 Å². The van der Waals surface area contributed by atoms with Crippen LogP contribution >= 0.6 is 0 Å². The highest BCUT2D eigenvalue weighted by Gasteiger charge is 2.81. The van der Waals surface area contributed by atoms with Crippen LogP contribution < -0.4 is 0 Å². The van der Waals surface area contributed by atoms with Gasteiger partial charge in [-0.1, -0.05) is 39.3 Å². The number of aliphatic hydroxyl groups is 15. The zero-order valence-corrected chi connectivity index (χ0v) is 49.8. The second kappa shape index (κ2) is 23.4. The van der Waals surface area contributed by atoms with E-state index in [2.05, 4.69) is 33.8 Å². The van der Waals surface area contributed by atoms with Gasteiger partial charge in [-0.3, -0.25) is 0 Å². The first kappa shape index (κ1) is 65.2. The van der Waals surface area contributed by atoms with Gasteiger partial charge < -0.3 is 129 Å². The third-order valence-corrected chi connectivity index (χ3v) is 23.2. The lowest BCUT2D eigenvalue weighted by molar-refractivity contribution is -0.456. The first-order valence-electron chi connectivity index (χ1n) is 30.8. The molecule has 0 radical (unpaired) electrons. The molecule has 34 atom stereocenters. The highest BCUT2D eigenvalue weighted by molar-refractivity contribution is 5.27. The zero-order valence-electron chi connectivity index (χ0n) is 49.8. The van der Waals surface area contributed by atoms with Gasteiger partial charge in [0.2, 0.25) is 0 Å². The molecule has 7 heterocycles. The summed E-state index contributed by atoms with van der Waals surface area (Å²) in [6.45, 7) is 14.7. The predicted octanol–water partition coefficient (Wildman–Crippen LogP) is -2.73. The zero-order chi connectivity index (χ0) is 61.6. The molecule has 26 nitrogen and oxygen atoms in total. The molecule has 7 aliphatic heterocycles. The summed E-state index contributed by atoms with van der Waals surface area (Å²) < 4.78 is 69.0. The third-order valence-electron chi connectivity index (χ3n) is 23.2. The molecule has 0 aromatic carbocycles. The van der Waals surface area contributed by atoms with Crippen molar-refractivity contribution in [3.63, 3.8) is 0 Å². The number of rotatable bonds is 13. The van der Waals surface area contributed by atoms with Crippen LogP contribution in [0.1, 0.15) is 113 Å². The number of allylic oxidation sites excluding steroid dienone is 1. The molecule has 11 rings (SSSR count). The molecule has 11 fully saturated rings. The standard InChI is InChI=1S/C59H96O26/c1-24(2)15-26-17-56(8,73)48-28-9-10-35-54(6)13-12-36(53(4,5)34(54)11-14-55(35,7)57(28)22-58(48,84-26)78-23-57)82-52-46(83-51-45(71)41(67)37(63)25(3)79-51)27(29(61)19-75-52)16-31-47(85-59(74)49(72)38(64)30(62)20-77-59)43(69)40(66)33(80-31)21-76-50-44(70)42(68)39(65)32(18-60)81-50/h15,25-52,60-74H,9-14,16-23H2,1-8H3/t25-,26-,27-,28+,29-,30+,31-,32+,33?,34-,35+,36-,37-,38-,39+,40+,41+,42-,43-,44+,45+,46+,47-,48-,49+,50+,51-,52?,54-,55+,56-,57-,58-,59+/m0/s1. The van der Waals surface area contributed by atoms with Crippen LogP contribution in [-0.2, 0) is 52.1 Å². The largest absolute Gasteiger partial charge is 0.394 e. The second-order valence-corrected chi connectivity index (χ2v) is 28.8. The van der Waals surface area contributed by atoms with E-state index in [0.717, 1.165) is 44.1 Å². The lowest BCUT2D eigenvalue weighted by Gasteiger charge is -2.70. The normalized spacial score (nSPS) is 57.4. The van der Waals surface area contributed by atoms with Gasteiger partial charge in [0.25, 0.3) is 0 Å². The summed E-state index contributed by atoms with van der Waals surface area (Å²) in [4.78, 5) is 0. The molecular formula is C59H96O26. The van der Waals surface area contributed by atoms with Crippen LogP contribution in [0.3, 0.4) is 0 Å². The van der Waals surface area contributed by atoms with Gasteiger partial charge in [0.15, 0.2) is 30.8 Å². The summed E-state index contributed by atoms with van der Waals surface area (Å²) in [5.74, 6) is -4.85. The van der Waals surface area contributed by atoms with Crippen LogP contribution in [0.25, 0.3) is 0 Å². The van der Waals surface area contributed by atoms with Gasteiger partial charge >= 0.3 is 5.97 Å². The fraction of sp³-hybridized carbons (Fsp3) is 0.966. The fourth-order valence-electron chi connectivity index (χ4n) is 18.9. The van der Waals surface area contributed by atoms with Crippen LogP contribution in [0.15, 0.2) is 11.6 Å². The van der Waals surface area contributed by atoms with Crippen molar-refractivity contribution in [2.24, 2.45) is 51.2 Å². The van der Waals surface area contributed by atoms with E-state index >= 15 is 0 Å². The van der Waals surface area contributed by atoms with Crippen molar-refractivity contribution in [1.29, 1.82) is 0 Å². The van der Waals surface area contributed by atoms with E-state index in [9.17, 15) is 76.6 Å². The van der Waals surface area contributed by atoms with Crippen molar-refractivity contribution in [2.45, 2.75) is 271 Å². The molecule has 488 valence electrons. The minimum Gasteiger partial charge on any atom is -0.394 e. The van der Waals surface area contributed by atoms with Crippen LogP contribution in [-0.4, -0.2) is 268 Å². The maximum absolute atomic E-state index is 12.4. The monoisotopic (exact) mass is 1220 g/mol. The molecule has 2 unspecified atom stereocenters. The van der Waals surface area contributed by atoms with Crippen molar-refractivity contribution in [3.05, 3.63) is 11.6 Å². The van der Waals surface area contributed by atoms with Gasteiger partial charge in [0, 0.05) is 30.1 Å². The summed E-state index contributed by atoms with van der Waals surface area (Å²) in [6.07, 6.45) is -29.0. The van der Waals surface area contributed by atoms with Gasteiger partial charge in [-0.15, -0.1) is 0 Å². The molecule has 0 aromatic heterocycles. The molecule has 85 heavy (non-hydrogen) atoms. The molecule has 0 amide bonds. The summed E-state index contributed by atoms with van der Waals surface area (Å²) in [7, 11) is 0. The molecule has 4 aliphatic carbocycles. The Labute approximate surface area is 494 Å². The Morgan fingerprint density at radius 3 is 2.04 bits per heavy atom. The van der Waals surface area contributed by atoms with E-state index in [0.29, 0.717) is 19.4 Å². The molecule has 15 N–H and O–H groups in total. The van der Waals surface area contributed by atoms with E-state index in [4.69, 9.17) is 52.1 Å². The minimum absolute atomic E-state index is 0.114. The van der Waals surface area contributed by atoms with Crippen molar-refractivity contribution in [2.75, 3.05) is 33.0 Å². The van der Waals surface area contributed by atoms with E-state index in [1.54, 1.807) is 0 Å². The average molecular weight is 1220 g/mol. The third kappa shape index (κ3) is 10.7. The molecule has 4 saturated carbocycles. The van der Waals surface area contributed by atoms with Gasteiger partial charge in [0.05, 0.1) is 69.2 Å². The Morgan fingerprint density at radius 2 is 1.33 bits per heavy atom. The van der Waals surface area contributed by atoms with Crippen LogP contribution in [0.5, 0.6) is 0 Å². The van der Waals surface area contributed by atoms with E-state index in [-0.39, 0.29) is 46.0 Å². The second-order valence-electron chi connectivity index (χ2n) is 28.8. The number of ether oxygens (including phenoxy) is 11. The summed E-state index contributed by atoms with van der Waals surface area (Å²) in [5, 5.41) is 166. The Morgan fingerprint density at radius 1 is 0.635 bits per heavy atom. The molecule has 26 heteroatoms. The van der Waals surface area contributed by atoms with Crippen LogP contribution in [0, 0.1) is 51.2 Å². The average Bonchev–Trinajstić information content (AvgIpc) is 1.53. The molecule has 11 aliphatic rings. The van der Waals surface area contributed by atoms with Crippen molar-refractivity contribution < 1.29 is 129 Å². The molecular weight excluding hydrogens is 1120 g/mol. The SMILES string of the molecule is CC(C)=C[C@H]1C[C@](C)(O)[C@@H]2[C@H]3CC[C@@H]4[C@@]5(C)CC[C@H](OC6OC[C@H](O)[C@H](C[C@@H]7OC(CO[C@@H]8O[C@H](CO)[C@@H](O)[C@H](O)[C@H]8O)[C@@H](O)[C@H](O)[C@H]7O[C@]7(O)OC[C@@H](O)[C@H](O)[C@H]7O)[C@H]6O[C@@H]6O[C@@H](C)[C@H](O)[C@@H](O)[C@H]6O)C(C)(C)[C@@H]5CC[C@@]4(C)[C@@]34CO[C@@]2(C4)O1. The topological polar surface area (TPSA) is 405 Å². The van der Waals surface area contributed by atoms with Gasteiger partial charge in [-0.05, 0) is 107 Å². The fourth-order valence-corrected chi connectivity index (χ4v) is 18.9. The number of hydrogen-bond acceptors (Lipinski definition) is 26. The summed E-state index contributed by atoms with van der Waals surface area (Å²) in [5.41, 5.74) is -0.979. The van der Waals surface area contributed by atoms with Crippen molar-refractivity contribution in [3.8, 4) is 0 Å². The minimum atomic E-state index is -3.16. The van der Waals surface area contributed by atoms with E-state index < -0.39 is 196 Å². The maximum atomic E-state index is 12.4. The summed E-state index contributed by atoms with van der Waals surface area (Å²) >= 11 is 0. The maximum Gasteiger partial charge on any atom is 0.311 e. The van der Waals surface area contributed by atoms with E-state index in [1.807, 2.05) is 20.8 Å². The van der Waals surface area contributed by atoms with Gasteiger partial charge in [-0.25, -0.2) is 0 Å². The Kier molecular flexibility index (Phi) is 17.9. The number of fused-ring (bicyclic) bond motifs is 4. The molecule has 2 spiro atoms. The lowest BCUT2D eigenvalue weighted by atomic mass is 9.35. The smallest absolute Gasteiger partial charge is 0.311 e. The molecule has 7 saturated heterocycles. The highest BCUT2D eigenvalue weighted by Crippen LogP contribution is 2.80. The molecule has 2 bridgehead atoms. The van der Waals surface area contributed by atoms with Crippen LogP contribution in [0.4, 0.5) is 0 Å². The first-order valence-corrected chi connectivity index (χ1v) is 30.8. The Bertz CT molecular complexity index is 2380. The van der Waals surface area contributed by atoms with Gasteiger partial charge in [0.1, 0.15) is 85.5 Å². The van der Waals surface area contributed by atoms with E-state index in [1.165, 1.54) is 6.92 Å². The number of hydrogen-bond donors (Lipinski definition) is 15. The Balaban J connectivity index is 0.877. The lowest BCUT2D eigenvalue weighted by Crippen LogP contribution is -2.68. The quantitative estimate of drug-likeness (QED) is 0.0505. The predicted molar refractivity (Wildman–Crippen MR) is 287 cm³/mol. The Hall–Kier alpha value is -1.30. The van der Waals surface area contributed by atoms with Crippen molar-refractivity contribution >= 4 is 0 Å². The highest BCUT2D eigenvalue weighted by atomic mass is 16.8. The first-order chi connectivity index (χ1) is 39.8. The van der Waals surface area contributed by atoms with Crippen LogP contribution in [0.2, 0.25) is 0 Å². The summed E-state index contributed by atoms with van der Waals surface area (Å²) in [6, 6.07) is 0.